The van der Waals surface area contributed by atoms with Crippen LogP contribution in [0.4, 0.5) is 11.5 Å². The molecule has 108 valence electrons. The number of carbonyl (C=O) groups is 1. The maximum absolute atomic E-state index is 11.5. The van der Waals surface area contributed by atoms with E-state index >= 15 is 0 Å². The number of anilines is 2. The van der Waals surface area contributed by atoms with Gasteiger partial charge in [0.15, 0.2) is 0 Å². The Labute approximate surface area is 128 Å². The van der Waals surface area contributed by atoms with Crippen LogP contribution < -0.4 is 11.1 Å². The van der Waals surface area contributed by atoms with Gasteiger partial charge in [0.2, 0.25) is 5.91 Å². The van der Waals surface area contributed by atoms with Crippen molar-refractivity contribution in [2.24, 2.45) is 0 Å². The van der Waals surface area contributed by atoms with Crippen LogP contribution in [-0.2, 0) is 11.2 Å². The molecule has 1 aliphatic rings. The molecule has 0 aliphatic carbocycles. The van der Waals surface area contributed by atoms with Crippen molar-refractivity contribution < 1.29 is 4.79 Å². The topological polar surface area (TPSA) is 68.0 Å². The minimum absolute atomic E-state index is 0.00533. The summed E-state index contributed by atoms with van der Waals surface area (Å²) in [6, 6.07) is 12.2. The standard InChI is InChI=1S/C18H15N3O/c1-10-2-4-13(19)7-15(10)11-3-5-14-12(6-11)9-20-18-16(14)8-17(22)21-18/h2-7,9H,8,19H2,1H3,(H,20,21,22). The van der Waals surface area contributed by atoms with Gasteiger partial charge >= 0.3 is 0 Å². The van der Waals surface area contributed by atoms with Crippen LogP contribution in [-0.4, -0.2) is 10.9 Å². The molecule has 0 saturated heterocycles. The minimum atomic E-state index is 0.00533. The lowest BCUT2D eigenvalue weighted by atomic mass is 9.96. The molecule has 2 aromatic carbocycles. The van der Waals surface area contributed by atoms with Crippen molar-refractivity contribution in [3.63, 3.8) is 0 Å². The molecule has 1 amide bonds. The Balaban J connectivity index is 1.91. The van der Waals surface area contributed by atoms with Crippen molar-refractivity contribution in [1.82, 2.24) is 4.98 Å². The van der Waals surface area contributed by atoms with Gasteiger partial charge in [0.1, 0.15) is 5.82 Å². The van der Waals surface area contributed by atoms with Gasteiger partial charge in [0.05, 0.1) is 6.42 Å². The van der Waals surface area contributed by atoms with Crippen LogP contribution in [0.3, 0.4) is 0 Å². The van der Waals surface area contributed by atoms with E-state index in [1.165, 1.54) is 5.56 Å². The van der Waals surface area contributed by atoms with Crippen LogP contribution >= 0.6 is 0 Å². The molecule has 4 rings (SSSR count). The number of rotatable bonds is 1. The number of benzene rings is 2. The molecule has 0 fully saturated rings. The molecule has 0 bridgehead atoms. The van der Waals surface area contributed by atoms with Gasteiger partial charge in [0.25, 0.3) is 0 Å². The van der Waals surface area contributed by atoms with Gasteiger partial charge in [-0.3, -0.25) is 4.79 Å². The number of pyridine rings is 1. The average molecular weight is 289 g/mol. The Bertz CT molecular complexity index is 931. The third-order valence-corrected chi connectivity index (χ3v) is 4.16. The number of carbonyl (C=O) groups excluding carboxylic acids is 1. The van der Waals surface area contributed by atoms with Gasteiger partial charge in [-0.15, -0.1) is 0 Å². The maximum atomic E-state index is 11.5. The first kappa shape index (κ1) is 12.8. The second-order valence-corrected chi connectivity index (χ2v) is 5.69. The molecule has 0 unspecified atom stereocenters. The number of hydrogen-bond acceptors (Lipinski definition) is 3. The van der Waals surface area contributed by atoms with Crippen LogP contribution in [0.5, 0.6) is 0 Å². The zero-order valence-corrected chi connectivity index (χ0v) is 12.2. The highest BCUT2D eigenvalue weighted by molar-refractivity contribution is 6.04. The zero-order chi connectivity index (χ0) is 15.3. The predicted molar refractivity (Wildman–Crippen MR) is 88.7 cm³/mol. The summed E-state index contributed by atoms with van der Waals surface area (Å²) < 4.78 is 0. The van der Waals surface area contributed by atoms with Gasteiger partial charge < -0.3 is 11.1 Å². The van der Waals surface area contributed by atoms with E-state index in [1.54, 1.807) is 0 Å². The van der Waals surface area contributed by atoms with Crippen LogP contribution in [0.15, 0.2) is 42.6 Å². The Morgan fingerprint density at radius 1 is 1.18 bits per heavy atom. The number of nitrogens with one attached hydrogen (secondary N) is 1. The molecule has 1 aliphatic heterocycles. The fourth-order valence-corrected chi connectivity index (χ4v) is 3.03. The van der Waals surface area contributed by atoms with E-state index in [-0.39, 0.29) is 5.91 Å². The second kappa shape index (κ2) is 4.56. The van der Waals surface area contributed by atoms with Crippen molar-refractivity contribution in [3.05, 3.63) is 53.7 Å². The van der Waals surface area contributed by atoms with Gasteiger partial charge in [0, 0.05) is 22.8 Å². The number of amides is 1. The minimum Gasteiger partial charge on any atom is -0.399 e. The monoisotopic (exact) mass is 289 g/mol. The number of aryl methyl sites for hydroxylation is 1. The Morgan fingerprint density at radius 2 is 2.05 bits per heavy atom. The third kappa shape index (κ3) is 1.92. The molecule has 0 atom stereocenters. The van der Waals surface area contributed by atoms with Gasteiger partial charge in [-0.1, -0.05) is 18.2 Å². The first-order chi connectivity index (χ1) is 10.6. The summed E-state index contributed by atoms with van der Waals surface area (Å²) in [5.74, 6) is 0.691. The molecule has 0 saturated carbocycles. The number of nitrogens with zero attached hydrogens (tertiary/aromatic N) is 1. The van der Waals surface area contributed by atoms with E-state index in [9.17, 15) is 4.79 Å². The fraction of sp³-hybridized carbons (Fsp3) is 0.111. The van der Waals surface area contributed by atoms with E-state index in [2.05, 4.69) is 35.4 Å². The predicted octanol–water partition coefficient (Wildman–Crippen LogP) is 3.29. The van der Waals surface area contributed by atoms with Crippen LogP contribution in [0.1, 0.15) is 11.1 Å². The highest BCUT2D eigenvalue weighted by atomic mass is 16.1. The van der Waals surface area contributed by atoms with Crippen molar-refractivity contribution in [3.8, 4) is 11.1 Å². The summed E-state index contributed by atoms with van der Waals surface area (Å²) in [5, 5.41) is 4.90. The molecular formula is C18H15N3O. The lowest BCUT2D eigenvalue weighted by Crippen LogP contribution is -2.04. The summed E-state index contributed by atoms with van der Waals surface area (Å²) in [7, 11) is 0. The van der Waals surface area contributed by atoms with Crippen molar-refractivity contribution in [2.45, 2.75) is 13.3 Å². The Kier molecular flexibility index (Phi) is 2.66. The summed E-state index contributed by atoms with van der Waals surface area (Å²) >= 11 is 0. The number of aromatic nitrogens is 1. The molecule has 3 N–H and O–H groups in total. The largest absolute Gasteiger partial charge is 0.399 e. The smallest absolute Gasteiger partial charge is 0.230 e. The van der Waals surface area contributed by atoms with Gasteiger partial charge in [-0.2, -0.15) is 0 Å². The van der Waals surface area contributed by atoms with E-state index in [4.69, 9.17) is 5.73 Å². The average Bonchev–Trinajstić information content (AvgIpc) is 2.90. The fourth-order valence-electron chi connectivity index (χ4n) is 3.03. The first-order valence-electron chi connectivity index (χ1n) is 7.20. The summed E-state index contributed by atoms with van der Waals surface area (Å²) in [4.78, 5) is 15.9. The lowest BCUT2D eigenvalue weighted by molar-refractivity contribution is -0.115. The Hall–Kier alpha value is -2.88. The molecule has 4 nitrogen and oxygen atoms in total. The molecule has 22 heavy (non-hydrogen) atoms. The van der Waals surface area contributed by atoms with E-state index in [1.807, 2.05) is 24.4 Å². The molecule has 1 aromatic heterocycles. The molecule has 0 radical (unpaired) electrons. The van der Waals surface area contributed by atoms with Crippen LogP contribution in [0, 0.1) is 6.92 Å². The molecule has 2 heterocycles. The number of nitrogens with two attached hydrogens (primary N) is 1. The third-order valence-electron chi connectivity index (χ3n) is 4.16. The first-order valence-corrected chi connectivity index (χ1v) is 7.20. The van der Waals surface area contributed by atoms with Gasteiger partial charge in [-0.25, -0.2) is 4.98 Å². The van der Waals surface area contributed by atoms with Crippen molar-refractivity contribution in [1.29, 1.82) is 0 Å². The second-order valence-electron chi connectivity index (χ2n) is 5.69. The summed E-state index contributed by atoms with van der Waals surface area (Å²) in [6.45, 7) is 2.07. The highest BCUT2D eigenvalue weighted by Crippen LogP contribution is 2.33. The van der Waals surface area contributed by atoms with Gasteiger partial charge in [-0.05, 0) is 47.2 Å². The number of fused-ring (bicyclic) bond motifs is 3. The maximum Gasteiger partial charge on any atom is 0.230 e. The highest BCUT2D eigenvalue weighted by Gasteiger charge is 2.21. The number of nitrogen functional groups attached to an aromatic ring is 1. The molecular weight excluding hydrogens is 274 g/mol. The van der Waals surface area contributed by atoms with E-state index in [0.717, 1.165) is 33.2 Å². The van der Waals surface area contributed by atoms with Crippen molar-refractivity contribution >= 4 is 28.2 Å². The summed E-state index contributed by atoms with van der Waals surface area (Å²) in [5.41, 5.74) is 11.1. The molecule has 3 aromatic rings. The normalized spacial score (nSPS) is 13.2. The Morgan fingerprint density at radius 3 is 2.91 bits per heavy atom. The quantitative estimate of drug-likeness (QED) is 0.675. The van der Waals surface area contributed by atoms with Crippen LogP contribution in [0.2, 0.25) is 0 Å². The lowest BCUT2D eigenvalue weighted by Gasteiger charge is -2.10. The summed E-state index contributed by atoms with van der Waals surface area (Å²) in [6.07, 6.45) is 2.21. The van der Waals surface area contributed by atoms with Crippen LogP contribution in [0.25, 0.3) is 21.9 Å². The molecule has 0 spiro atoms. The molecule has 4 heteroatoms. The van der Waals surface area contributed by atoms with Crippen molar-refractivity contribution in [2.75, 3.05) is 11.1 Å². The zero-order valence-electron chi connectivity index (χ0n) is 12.2. The number of hydrogen-bond donors (Lipinski definition) is 2. The SMILES string of the molecule is Cc1ccc(N)cc1-c1ccc2c3c(ncc2c1)NC(=O)C3. The van der Waals surface area contributed by atoms with E-state index in [0.29, 0.717) is 12.2 Å². The van der Waals surface area contributed by atoms with E-state index < -0.39 is 0 Å².